The van der Waals surface area contributed by atoms with E-state index < -0.39 is 0 Å². The van der Waals surface area contributed by atoms with Gasteiger partial charge < -0.3 is 14.5 Å². The lowest BCUT2D eigenvalue weighted by Gasteiger charge is -2.29. The van der Waals surface area contributed by atoms with Crippen LogP contribution in [0.25, 0.3) is 81.6 Å². The molecule has 4 nitrogen and oxygen atoms in total. The van der Waals surface area contributed by atoms with Crippen LogP contribution in [0.2, 0.25) is 0 Å². The summed E-state index contributed by atoms with van der Waals surface area (Å²) in [5, 5.41) is 16.8. The van der Waals surface area contributed by atoms with Crippen molar-refractivity contribution in [1.82, 2.24) is 14.5 Å². The number of rotatable bonds is 1. The van der Waals surface area contributed by atoms with Crippen molar-refractivity contribution in [2.45, 2.75) is 19.5 Å². The smallest absolute Gasteiger partial charge is 0.148 e. The van der Waals surface area contributed by atoms with Crippen molar-refractivity contribution in [3.8, 4) is 5.69 Å². The van der Waals surface area contributed by atoms with Gasteiger partial charge in [-0.2, -0.15) is 0 Å². The van der Waals surface area contributed by atoms with E-state index in [1.165, 1.54) is 81.5 Å². The molecule has 0 saturated heterocycles. The maximum Gasteiger partial charge on any atom is 0.148 e. The number of aliphatic imine (C=N–C) groups is 1. The number of aromatic nitrogens is 2. The highest BCUT2D eigenvalue weighted by Crippen LogP contribution is 2.48. The molecule has 4 heteroatoms. The molecule has 0 fully saturated rings. The molecule has 2 atom stereocenters. The lowest BCUT2D eigenvalue weighted by atomic mass is 9.96. The third-order valence-corrected chi connectivity index (χ3v) is 11.3. The third-order valence-electron chi connectivity index (χ3n) is 11.3. The Labute approximate surface area is 281 Å². The first-order chi connectivity index (χ1) is 24.2. The molecule has 7 aromatic carbocycles. The Morgan fingerprint density at radius 3 is 1.88 bits per heavy atom. The summed E-state index contributed by atoms with van der Waals surface area (Å²) in [5.41, 5.74) is 10.6. The van der Waals surface area contributed by atoms with E-state index in [9.17, 15) is 0 Å². The van der Waals surface area contributed by atoms with Crippen LogP contribution in [0.15, 0.2) is 150 Å². The summed E-state index contributed by atoms with van der Waals surface area (Å²) in [4.78, 5) is 5.43. The number of benzene rings is 7. The second kappa shape index (κ2) is 9.06. The van der Waals surface area contributed by atoms with Gasteiger partial charge in [0.05, 0.1) is 39.2 Å². The highest BCUT2D eigenvalue weighted by Gasteiger charge is 2.38. The summed E-state index contributed by atoms with van der Waals surface area (Å²) in [6.07, 6.45) is 5.61. The van der Waals surface area contributed by atoms with E-state index in [2.05, 4.69) is 155 Å². The molecule has 230 valence electrons. The lowest BCUT2D eigenvalue weighted by molar-refractivity contribution is 0.577. The van der Waals surface area contributed by atoms with Gasteiger partial charge in [-0.25, -0.2) is 4.99 Å². The Balaban J connectivity index is 1.26. The van der Waals surface area contributed by atoms with Gasteiger partial charge in [-0.1, -0.05) is 110 Å². The molecule has 49 heavy (non-hydrogen) atoms. The monoisotopic (exact) mass is 626 g/mol. The SMILES string of the molecule is CC1C=C2NC3C(=NC2=CC1)c1cc(-n2c4ccc5ccccc5c4c4c5ccccc5ccc42)cc2c4c5ccccc5ccc4n3c12. The molecule has 0 spiro atoms. The quantitative estimate of drug-likeness (QED) is 0.193. The Kier molecular flexibility index (Phi) is 4.79. The van der Waals surface area contributed by atoms with Crippen molar-refractivity contribution in [3.63, 3.8) is 0 Å². The van der Waals surface area contributed by atoms with Crippen LogP contribution in [0.3, 0.4) is 0 Å². The molecule has 2 unspecified atom stereocenters. The standard InChI is InChI=1S/C45H30N4/c1-25-14-18-35-36(22-25)47-45-43(46-35)34-24-29(23-33-40-30-11-5-2-8-26(30)15-19-37(40)49(45)44(33)34)48-38-20-16-27-9-3-6-12-31(27)41(38)42-32-13-7-4-10-28(32)17-21-39(42)48/h2-13,15-25,45,47H,14H2,1H3. The molecule has 3 aliphatic rings. The first-order valence-electron chi connectivity index (χ1n) is 17.3. The number of nitrogens with zero attached hydrogens (tertiary/aromatic N) is 3. The van der Waals surface area contributed by atoms with Crippen molar-refractivity contribution in [2.75, 3.05) is 0 Å². The van der Waals surface area contributed by atoms with Crippen LogP contribution in [0.5, 0.6) is 0 Å². The fourth-order valence-corrected chi connectivity index (χ4v) is 9.23. The topological polar surface area (TPSA) is 34.2 Å². The number of fused-ring (bicyclic) bond motifs is 16. The van der Waals surface area contributed by atoms with Gasteiger partial charge in [-0.05, 0) is 75.0 Å². The molecule has 1 aliphatic carbocycles. The van der Waals surface area contributed by atoms with Crippen LogP contribution in [-0.2, 0) is 0 Å². The fraction of sp³-hybridized carbons (Fsp3) is 0.0889. The highest BCUT2D eigenvalue weighted by molar-refractivity contribution is 6.31. The van der Waals surface area contributed by atoms with E-state index in [1.54, 1.807) is 0 Å². The maximum absolute atomic E-state index is 5.43. The third kappa shape index (κ3) is 3.26. The van der Waals surface area contributed by atoms with Crippen LogP contribution in [0, 0.1) is 5.92 Å². The maximum atomic E-state index is 5.43. The van der Waals surface area contributed by atoms with Crippen molar-refractivity contribution < 1.29 is 0 Å². The van der Waals surface area contributed by atoms with Gasteiger partial charge in [-0.15, -0.1) is 0 Å². The van der Waals surface area contributed by atoms with Gasteiger partial charge in [0.1, 0.15) is 6.17 Å². The lowest BCUT2D eigenvalue weighted by Crippen LogP contribution is -2.35. The second-order valence-corrected chi connectivity index (χ2v) is 14.1. The molecular formula is C45H30N4. The summed E-state index contributed by atoms with van der Waals surface area (Å²) in [7, 11) is 0. The Hall–Kier alpha value is -6.13. The van der Waals surface area contributed by atoms with Crippen LogP contribution >= 0.6 is 0 Å². The van der Waals surface area contributed by atoms with Crippen LogP contribution in [0.1, 0.15) is 25.1 Å². The van der Waals surface area contributed by atoms with E-state index in [-0.39, 0.29) is 6.17 Å². The van der Waals surface area contributed by atoms with Crippen LogP contribution in [0.4, 0.5) is 0 Å². The zero-order valence-corrected chi connectivity index (χ0v) is 26.9. The largest absolute Gasteiger partial charge is 0.358 e. The Morgan fingerprint density at radius 1 is 0.633 bits per heavy atom. The average molecular weight is 627 g/mol. The zero-order valence-electron chi connectivity index (χ0n) is 26.9. The fourth-order valence-electron chi connectivity index (χ4n) is 9.23. The van der Waals surface area contributed by atoms with Gasteiger partial charge in [-0.3, -0.25) is 0 Å². The molecule has 9 aromatic rings. The van der Waals surface area contributed by atoms with E-state index in [4.69, 9.17) is 4.99 Å². The summed E-state index contributed by atoms with van der Waals surface area (Å²) < 4.78 is 5.02. The van der Waals surface area contributed by atoms with Crippen molar-refractivity contribution in [2.24, 2.45) is 10.9 Å². The first kappa shape index (κ1) is 25.9. The molecule has 0 amide bonds. The number of hydrogen-bond acceptors (Lipinski definition) is 2. The minimum absolute atomic E-state index is 0.0637. The van der Waals surface area contributed by atoms with E-state index in [0.29, 0.717) is 5.92 Å². The van der Waals surface area contributed by atoms with E-state index in [1.807, 2.05) is 0 Å². The summed E-state index contributed by atoms with van der Waals surface area (Å²) in [6.45, 7) is 2.28. The molecule has 0 radical (unpaired) electrons. The molecule has 1 N–H and O–H groups in total. The molecule has 0 saturated carbocycles. The predicted octanol–water partition coefficient (Wildman–Crippen LogP) is 11.1. The van der Waals surface area contributed by atoms with E-state index in [0.717, 1.165) is 29.2 Å². The second-order valence-electron chi connectivity index (χ2n) is 14.1. The average Bonchev–Trinajstić information content (AvgIpc) is 3.78. The summed E-state index contributed by atoms with van der Waals surface area (Å²) in [5.74, 6) is 0.492. The molecule has 2 aliphatic heterocycles. The van der Waals surface area contributed by atoms with Gasteiger partial charge in [0.25, 0.3) is 0 Å². The van der Waals surface area contributed by atoms with E-state index >= 15 is 0 Å². The molecule has 4 heterocycles. The van der Waals surface area contributed by atoms with Crippen molar-refractivity contribution in [3.05, 3.63) is 150 Å². The van der Waals surface area contributed by atoms with Crippen molar-refractivity contribution >= 4 is 81.6 Å². The Morgan fingerprint density at radius 2 is 1.22 bits per heavy atom. The molecule has 2 aromatic heterocycles. The predicted molar refractivity (Wildman–Crippen MR) is 205 cm³/mol. The molecule has 0 bridgehead atoms. The zero-order chi connectivity index (χ0) is 32.0. The highest BCUT2D eigenvalue weighted by atomic mass is 15.2. The molecule has 12 rings (SSSR count). The van der Waals surface area contributed by atoms with Gasteiger partial charge in [0.15, 0.2) is 0 Å². The Bertz CT molecular complexity index is 2980. The van der Waals surface area contributed by atoms with Crippen molar-refractivity contribution in [1.29, 1.82) is 0 Å². The van der Waals surface area contributed by atoms with Crippen LogP contribution in [-0.4, -0.2) is 14.8 Å². The van der Waals surface area contributed by atoms with Gasteiger partial charge in [0, 0.05) is 32.8 Å². The number of allylic oxidation sites excluding steroid dienone is 2. The normalized spacial score (nSPS) is 18.3. The van der Waals surface area contributed by atoms with Crippen LogP contribution < -0.4 is 5.32 Å². The minimum Gasteiger partial charge on any atom is -0.358 e. The first-order valence-corrected chi connectivity index (χ1v) is 17.3. The summed E-state index contributed by atoms with van der Waals surface area (Å²) in [6, 6.07) is 45.1. The number of nitrogens with one attached hydrogen (secondary N) is 1. The summed E-state index contributed by atoms with van der Waals surface area (Å²) >= 11 is 0. The van der Waals surface area contributed by atoms with Gasteiger partial charge >= 0.3 is 0 Å². The van der Waals surface area contributed by atoms with Gasteiger partial charge in [0.2, 0.25) is 0 Å². The minimum atomic E-state index is -0.0637. The molecular weight excluding hydrogens is 597 g/mol. The number of hydrogen-bond donors (Lipinski definition) is 1.